The summed E-state index contributed by atoms with van der Waals surface area (Å²) in [5.41, 5.74) is 1.32. The van der Waals surface area contributed by atoms with Crippen molar-refractivity contribution < 1.29 is 4.74 Å². The molecule has 1 aliphatic rings. The van der Waals surface area contributed by atoms with Crippen molar-refractivity contribution in [3.8, 4) is 0 Å². The molecule has 20 heavy (non-hydrogen) atoms. The number of ether oxygens (including phenoxy) is 1. The Kier molecular flexibility index (Phi) is 3.77. The smallest absolute Gasteiger partial charge is 0.0872 e. The van der Waals surface area contributed by atoms with E-state index in [1.807, 2.05) is 7.11 Å². The van der Waals surface area contributed by atoms with E-state index in [0.29, 0.717) is 0 Å². The second-order valence-corrected chi connectivity index (χ2v) is 5.72. The zero-order chi connectivity index (χ0) is 14.0. The van der Waals surface area contributed by atoms with E-state index in [1.165, 1.54) is 22.8 Å². The lowest BCUT2D eigenvalue weighted by atomic mass is 9.72. The molecule has 0 amide bonds. The van der Waals surface area contributed by atoms with Crippen molar-refractivity contribution in [1.82, 2.24) is 5.32 Å². The Morgan fingerprint density at radius 2 is 1.90 bits per heavy atom. The number of hydrogen-bond donors (Lipinski definition) is 1. The Morgan fingerprint density at radius 1 is 1.15 bits per heavy atom. The molecule has 1 aliphatic carbocycles. The van der Waals surface area contributed by atoms with Crippen molar-refractivity contribution >= 4 is 10.8 Å². The summed E-state index contributed by atoms with van der Waals surface area (Å²) in [5.74, 6) is 0. The van der Waals surface area contributed by atoms with Crippen LogP contribution in [0.25, 0.3) is 10.8 Å². The number of methoxy groups -OCH3 is 1. The minimum absolute atomic E-state index is 0.0154. The van der Waals surface area contributed by atoms with Crippen LogP contribution in [0.2, 0.25) is 0 Å². The van der Waals surface area contributed by atoms with Crippen LogP contribution in [0.3, 0.4) is 0 Å². The number of likely N-dealkylation sites (N-methyl/N-ethyl adjacent to an activating group) is 1. The van der Waals surface area contributed by atoms with Gasteiger partial charge in [0.2, 0.25) is 0 Å². The average Bonchev–Trinajstić information content (AvgIpc) is 2.45. The monoisotopic (exact) mass is 269 g/mol. The zero-order valence-electron chi connectivity index (χ0n) is 12.4. The number of benzene rings is 2. The van der Waals surface area contributed by atoms with Crippen molar-refractivity contribution in [3.63, 3.8) is 0 Å². The molecule has 0 aromatic heterocycles. The van der Waals surface area contributed by atoms with Crippen LogP contribution in [-0.2, 0) is 4.74 Å². The topological polar surface area (TPSA) is 21.3 Å². The Labute approximate surface area is 121 Å². The minimum Gasteiger partial charge on any atom is -0.376 e. The van der Waals surface area contributed by atoms with Crippen molar-refractivity contribution in [3.05, 3.63) is 48.0 Å². The van der Waals surface area contributed by atoms with Crippen LogP contribution < -0.4 is 5.32 Å². The molecule has 1 atom stereocenters. The standard InChI is InChI=1S/C18H23NO/c1-3-19-17(18(20-2)11-6-12-18)16-10-9-14-7-4-5-8-15(14)13-16/h4-5,7-10,13,17,19H,3,6,11-12H2,1-2H3. The molecule has 2 aromatic rings. The van der Waals surface area contributed by atoms with E-state index < -0.39 is 0 Å². The van der Waals surface area contributed by atoms with Gasteiger partial charge in [0, 0.05) is 7.11 Å². The Hall–Kier alpha value is -1.38. The van der Waals surface area contributed by atoms with Gasteiger partial charge in [0.15, 0.2) is 0 Å². The quantitative estimate of drug-likeness (QED) is 0.884. The molecule has 0 heterocycles. The number of nitrogens with one attached hydrogen (secondary N) is 1. The van der Waals surface area contributed by atoms with Crippen LogP contribution in [0.15, 0.2) is 42.5 Å². The number of fused-ring (bicyclic) bond motifs is 1. The molecule has 3 rings (SSSR count). The maximum Gasteiger partial charge on any atom is 0.0872 e. The molecule has 0 saturated heterocycles. The summed E-state index contributed by atoms with van der Waals surface area (Å²) in [6.07, 6.45) is 3.56. The van der Waals surface area contributed by atoms with Gasteiger partial charge in [-0.25, -0.2) is 0 Å². The summed E-state index contributed by atoms with van der Waals surface area (Å²) in [4.78, 5) is 0. The lowest BCUT2D eigenvalue weighted by Crippen LogP contribution is -2.50. The molecule has 1 unspecified atom stereocenters. The van der Waals surface area contributed by atoms with Crippen molar-refractivity contribution in [1.29, 1.82) is 0 Å². The predicted octanol–water partition coefficient (Wildman–Crippen LogP) is 4.06. The van der Waals surface area contributed by atoms with Crippen LogP contribution >= 0.6 is 0 Å². The fourth-order valence-corrected chi connectivity index (χ4v) is 3.33. The fourth-order valence-electron chi connectivity index (χ4n) is 3.33. The van der Waals surface area contributed by atoms with E-state index in [4.69, 9.17) is 4.74 Å². The SMILES string of the molecule is CCNC(c1ccc2ccccc2c1)C1(OC)CCC1. The van der Waals surface area contributed by atoms with Crippen LogP contribution in [0, 0.1) is 0 Å². The van der Waals surface area contributed by atoms with Crippen LogP contribution in [0.5, 0.6) is 0 Å². The summed E-state index contributed by atoms with van der Waals surface area (Å²) in [7, 11) is 1.85. The Morgan fingerprint density at radius 3 is 2.50 bits per heavy atom. The summed E-state index contributed by atoms with van der Waals surface area (Å²) < 4.78 is 5.89. The molecule has 2 heteroatoms. The fraction of sp³-hybridized carbons (Fsp3) is 0.444. The molecule has 0 aliphatic heterocycles. The van der Waals surface area contributed by atoms with Gasteiger partial charge in [-0.3, -0.25) is 0 Å². The van der Waals surface area contributed by atoms with E-state index >= 15 is 0 Å². The molecule has 0 spiro atoms. The molecular formula is C18H23NO. The van der Waals surface area contributed by atoms with Gasteiger partial charge in [-0.2, -0.15) is 0 Å². The summed E-state index contributed by atoms with van der Waals surface area (Å²) in [6, 6.07) is 15.6. The molecule has 106 valence electrons. The maximum absolute atomic E-state index is 5.89. The summed E-state index contributed by atoms with van der Waals surface area (Å²) >= 11 is 0. The molecule has 0 radical (unpaired) electrons. The van der Waals surface area contributed by atoms with Gasteiger partial charge >= 0.3 is 0 Å². The minimum atomic E-state index is -0.0154. The highest BCUT2D eigenvalue weighted by Crippen LogP contribution is 2.45. The van der Waals surface area contributed by atoms with Gasteiger partial charge < -0.3 is 10.1 Å². The van der Waals surface area contributed by atoms with Crippen molar-refractivity contribution in [2.45, 2.75) is 37.8 Å². The lowest BCUT2D eigenvalue weighted by Gasteiger charge is -2.47. The molecule has 1 fully saturated rings. The second kappa shape index (κ2) is 5.55. The first-order chi connectivity index (χ1) is 9.79. The number of hydrogen-bond acceptors (Lipinski definition) is 2. The third-order valence-corrected chi connectivity index (χ3v) is 4.65. The summed E-state index contributed by atoms with van der Waals surface area (Å²) in [5, 5.41) is 6.23. The van der Waals surface area contributed by atoms with Crippen LogP contribution in [-0.4, -0.2) is 19.3 Å². The predicted molar refractivity (Wildman–Crippen MR) is 84.0 cm³/mol. The first-order valence-electron chi connectivity index (χ1n) is 7.56. The van der Waals surface area contributed by atoms with E-state index in [9.17, 15) is 0 Å². The van der Waals surface area contributed by atoms with Crippen LogP contribution in [0.1, 0.15) is 37.8 Å². The zero-order valence-corrected chi connectivity index (χ0v) is 12.4. The maximum atomic E-state index is 5.89. The van der Waals surface area contributed by atoms with Gasteiger partial charge in [-0.15, -0.1) is 0 Å². The normalized spacial score (nSPS) is 18.7. The van der Waals surface area contributed by atoms with Gasteiger partial charge in [-0.05, 0) is 48.2 Å². The Balaban J connectivity index is 2.00. The largest absolute Gasteiger partial charge is 0.376 e. The number of rotatable bonds is 5. The van der Waals surface area contributed by atoms with Crippen LogP contribution in [0.4, 0.5) is 0 Å². The summed E-state index contributed by atoms with van der Waals surface area (Å²) in [6.45, 7) is 3.12. The average molecular weight is 269 g/mol. The van der Waals surface area contributed by atoms with E-state index in [2.05, 4.69) is 54.7 Å². The van der Waals surface area contributed by atoms with Gasteiger partial charge in [0.05, 0.1) is 11.6 Å². The third-order valence-electron chi connectivity index (χ3n) is 4.65. The van der Waals surface area contributed by atoms with E-state index in [-0.39, 0.29) is 11.6 Å². The van der Waals surface area contributed by atoms with Gasteiger partial charge in [0.25, 0.3) is 0 Å². The van der Waals surface area contributed by atoms with Gasteiger partial charge in [-0.1, -0.05) is 43.3 Å². The molecule has 1 N–H and O–H groups in total. The van der Waals surface area contributed by atoms with Crippen molar-refractivity contribution in [2.24, 2.45) is 0 Å². The lowest BCUT2D eigenvalue weighted by molar-refractivity contribution is -0.0994. The molecule has 0 bridgehead atoms. The van der Waals surface area contributed by atoms with Gasteiger partial charge in [0.1, 0.15) is 0 Å². The molecule has 1 saturated carbocycles. The highest BCUT2D eigenvalue weighted by molar-refractivity contribution is 5.83. The first kappa shape index (κ1) is 13.6. The first-order valence-corrected chi connectivity index (χ1v) is 7.56. The third kappa shape index (κ3) is 2.23. The molecule has 2 nitrogen and oxygen atoms in total. The molecule has 2 aromatic carbocycles. The highest BCUT2D eigenvalue weighted by atomic mass is 16.5. The Bertz CT molecular complexity index is 583. The van der Waals surface area contributed by atoms with E-state index in [0.717, 1.165) is 19.4 Å². The second-order valence-electron chi connectivity index (χ2n) is 5.72. The van der Waals surface area contributed by atoms with E-state index in [1.54, 1.807) is 0 Å². The molecular weight excluding hydrogens is 246 g/mol. The highest BCUT2D eigenvalue weighted by Gasteiger charge is 2.44. The van der Waals surface area contributed by atoms with Crippen molar-refractivity contribution in [2.75, 3.05) is 13.7 Å².